The predicted octanol–water partition coefficient (Wildman–Crippen LogP) is 10.5. The summed E-state index contributed by atoms with van der Waals surface area (Å²) in [5.74, 6) is -0.103. The van der Waals surface area contributed by atoms with E-state index in [1.165, 1.54) is 0 Å². The highest BCUT2D eigenvalue weighted by molar-refractivity contribution is 6.07. The lowest BCUT2D eigenvalue weighted by atomic mass is 9.85. The molecule has 10 heteroatoms. The number of hydrogen-bond acceptors (Lipinski definition) is 8. The number of likely N-dealkylation sites (N-methyl/N-ethyl adjacent to an activating group) is 1. The number of benzene rings is 2. The van der Waals surface area contributed by atoms with Gasteiger partial charge in [-0.3, -0.25) is 19.2 Å². The molecule has 10 nitrogen and oxygen atoms in total. The molecule has 0 aliphatic rings. The molecule has 2 amide bonds. The number of nitrogens with zero attached hydrogens (tertiary/aromatic N) is 2. The molecule has 0 bridgehead atoms. The van der Waals surface area contributed by atoms with Gasteiger partial charge in [0, 0.05) is 52.4 Å². The van der Waals surface area contributed by atoms with Crippen LogP contribution in [-0.4, -0.2) is 67.0 Å². The fourth-order valence-electron chi connectivity index (χ4n) is 6.54. The Bertz CT molecular complexity index is 2070. The number of furan rings is 2. The molecule has 0 aliphatic carbocycles. The van der Waals surface area contributed by atoms with E-state index in [0.717, 1.165) is 0 Å². The quantitative estimate of drug-likeness (QED) is 0.116. The van der Waals surface area contributed by atoms with Gasteiger partial charge >= 0.3 is 0 Å². The molecule has 306 valence electrons. The van der Waals surface area contributed by atoms with Crippen LogP contribution in [0.5, 0.6) is 11.5 Å². The number of Topliss-reactive ketones (excluding diaryl/α,β-unsaturated/α-hetero) is 2. The van der Waals surface area contributed by atoms with Crippen molar-refractivity contribution in [1.29, 1.82) is 0 Å². The summed E-state index contributed by atoms with van der Waals surface area (Å²) in [6, 6.07) is 9.23. The van der Waals surface area contributed by atoms with Crippen LogP contribution in [-0.2, 0) is 16.0 Å². The SMILES string of the molecule is CCN(CCC(C)(C)C)C(=O)C(c1c(C(=O)C(C)(C)C)oc2ccc(OC)cc12)N(CCC(C)(C)C)C(=O)Cc1c(C(=O)C(C)(C)C)oc2ccc(OC)cc12. The average Bonchev–Trinajstić information content (AvgIpc) is 3.64. The Hall–Kier alpha value is -4.60. The third-order valence-electron chi connectivity index (χ3n) is 10.1. The second-order valence-corrected chi connectivity index (χ2v) is 19.3. The Kier molecular flexibility index (Phi) is 13.0. The van der Waals surface area contributed by atoms with E-state index < -0.39 is 22.8 Å². The molecule has 4 aromatic rings. The lowest BCUT2D eigenvalue weighted by molar-refractivity contribution is -0.146. The van der Waals surface area contributed by atoms with E-state index >= 15 is 9.59 Å². The van der Waals surface area contributed by atoms with Crippen LogP contribution in [0.15, 0.2) is 45.2 Å². The van der Waals surface area contributed by atoms with Crippen molar-refractivity contribution in [3.63, 3.8) is 0 Å². The zero-order valence-corrected chi connectivity index (χ0v) is 36.4. The van der Waals surface area contributed by atoms with Gasteiger partial charge < -0.3 is 28.1 Å². The van der Waals surface area contributed by atoms with Gasteiger partial charge in [-0.1, -0.05) is 83.1 Å². The van der Waals surface area contributed by atoms with E-state index in [2.05, 4.69) is 41.5 Å². The summed E-state index contributed by atoms with van der Waals surface area (Å²) in [4.78, 5) is 62.6. The van der Waals surface area contributed by atoms with Crippen LogP contribution in [0, 0.1) is 21.7 Å². The van der Waals surface area contributed by atoms with Crippen LogP contribution in [0.4, 0.5) is 0 Å². The normalized spacial score (nSPS) is 13.2. The predicted molar refractivity (Wildman–Crippen MR) is 222 cm³/mol. The third kappa shape index (κ3) is 10.0. The number of ketones is 2. The van der Waals surface area contributed by atoms with Crippen LogP contribution >= 0.6 is 0 Å². The Morgan fingerprint density at radius 2 is 1.12 bits per heavy atom. The van der Waals surface area contributed by atoms with E-state index in [0.29, 0.717) is 70.5 Å². The number of hydrogen-bond donors (Lipinski definition) is 0. The van der Waals surface area contributed by atoms with Crippen LogP contribution in [0.2, 0.25) is 0 Å². The molecule has 0 radical (unpaired) electrons. The second-order valence-electron chi connectivity index (χ2n) is 19.3. The van der Waals surface area contributed by atoms with Gasteiger partial charge in [-0.15, -0.1) is 0 Å². The lowest BCUT2D eigenvalue weighted by Crippen LogP contribution is -2.48. The van der Waals surface area contributed by atoms with E-state index in [9.17, 15) is 9.59 Å². The van der Waals surface area contributed by atoms with Gasteiger partial charge in [0.2, 0.25) is 23.4 Å². The van der Waals surface area contributed by atoms with Gasteiger partial charge in [-0.05, 0) is 67.0 Å². The Morgan fingerprint density at radius 3 is 1.61 bits per heavy atom. The van der Waals surface area contributed by atoms with Crippen molar-refractivity contribution in [2.75, 3.05) is 33.9 Å². The average molecular weight is 773 g/mol. The Labute approximate surface area is 333 Å². The first-order chi connectivity index (χ1) is 25.8. The summed E-state index contributed by atoms with van der Waals surface area (Å²) >= 11 is 0. The summed E-state index contributed by atoms with van der Waals surface area (Å²) < 4.78 is 23.8. The third-order valence-corrected chi connectivity index (χ3v) is 10.1. The number of rotatable bonds is 14. The molecule has 0 saturated heterocycles. The molecular formula is C46H64N2O8. The van der Waals surface area contributed by atoms with Crippen LogP contribution in [0.3, 0.4) is 0 Å². The van der Waals surface area contributed by atoms with Crippen molar-refractivity contribution in [1.82, 2.24) is 9.80 Å². The molecule has 0 saturated carbocycles. The zero-order valence-electron chi connectivity index (χ0n) is 36.4. The molecule has 56 heavy (non-hydrogen) atoms. The summed E-state index contributed by atoms with van der Waals surface area (Å²) in [6.07, 6.45) is 0.997. The van der Waals surface area contributed by atoms with Crippen molar-refractivity contribution < 1.29 is 37.5 Å². The number of fused-ring (bicyclic) bond motifs is 2. The molecule has 2 heterocycles. The monoisotopic (exact) mass is 772 g/mol. The Morgan fingerprint density at radius 1 is 0.661 bits per heavy atom. The minimum atomic E-state index is -1.26. The van der Waals surface area contributed by atoms with Gasteiger partial charge in [0.15, 0.2) is 11.5 Å². The molecular weight excluding hydrogens is 709 g/mol. The molecule has 0 fully saturated rings. The molecule has 1 unspecified atom stereocenters. The van der Waals surface area contributed by atoms with E-state index in [-0.39, 0.29) is 52.8 Å². The Balaban J connectivity index is 2.08. The molecule has 2 aromatic carbocycles. The van der Waals surface area contributed by atoms with Crippen molar-refractivity contribution >= 4 is 45.3 Å². The lowest BCUT2D eigenvalue weighted by Gasteiger charge is -2.37. The van der Waals surface area contributed by atoms with Gasteiger partial charge in [0.25, 0.3) is 0 Å². The number of methoxy groups -OCH3 is 2. The molecule has 0 N–H and O–H groups in total. The van der Waals surface area contributed by atoms with Gasteiger partial charge in [-0.25, -0.2) is 0 Å². The standard InChI is InChI=1S/C46H64N2O8/c1-16-47(23-21-43(2,3)4)42(52)37(36-32-26-29(54-15)18-20-34(32)56-39(36)41(51)46(11,12)13)48(24-22-44(5,6)7)35(49)27-31-30-25-28(53-14)17-19-33(30)55-38(31)40(50)45(8,9)10/h17-20,25-26,37H,16,21-24,27H2,1-15H3. The highest BCUT2D eigenvalue weighted by Gasteiger charge is 2.43. The number of ether oxygens (including phenoxy) is 2. The number of carbonyl (C=O) groups is 4. The van der Waals surface area contributed by atoms with E-state index in [1.54, 1.807) is 81.2 Å². The summed E-state index contributed by atoms with van der Waals surface area (Å²) in [7, 11) is 3.10. The van der Waals surface area contributed by atoms with E-state index in [1.807, 2.05) is 27.7 Å². The highest BCUT2D eigenvalue weighted by Crippen LogP contribution is 2.42. The molecule has 0 aliphatic heterocycles. The minimum Gasteiger partial charge on any atom is -0.497 e. The largest absolute Gasteiger partial charge is 0.497 e. The number of amides is 2. The maximum atomic E-state index is 15.4. The molecule has 4 rings (SSSR count). The van der Waals surface area contributed by atoms with Crippen LogP contribution in [0.1, 0.15) is 141 Å². The fourth-order valence-corrected chi connectivity index (χ4v) is 6.54. The first-order valence-electron chi connectivity index (χ1n) is 19.7. The van der Waals surface area contributed by atoms with Gasteiger partial charge in [-0.2, -0.15) is 0 Å². The summed E-state index contributed by atoms with van der Waals surface area (Å²) in [5.41, 5.74) is -0.422. The van der Waals surface area contributed by atoms with Gasteiger partial charge in [0.1, 0.15) is 28.7 Å². The topological polar surface area (TPSA) is 120 Å². The fraction of sp³-hybridized carbons (Fsp3) is 0.565. The van der Waals surface area contributed by atoms with Crippen LogP contribution < -0.4 is 9.47 Å². The summed E-state index contributed by atoms with van der Waals surface area (Å²) in [6.45, 7) is 26.4. The summed E-state index contributed by atoms with van der Waals surface area (Å²) in [5, 5.41) is 1.09. The smallest absolute Gasteiger partial charge is 0.250 e. The van der Waals surface area contributed by atoms with Crippen molar-refractivity contribution in [3.05, 3.63) is 59.0 Å². The molecule has 2 aromatic heterocycles. The number of carbonyl (C=O) groups excluding carboxylic acids is 4. The van der Waals surface area contributed by atoms with Crippen molar-refractivity contribution in [3.8, 4) is 11.5 Å². The van der Waals surface area contributed by atoms with Crippen molar-refractivity contribution in [2.45, 2.75) is 115 Å². The minimum absolute atomic E-state index is 0.0293. The van der Waals surface area contributed by atoms with E-state index in [4.69, 9.17) is 18.3 Å². The second kappa shape index (κ2) is 16.5. The first kappa shape index (κ1) is 44.1. The maximum absolute atomic E-state index is 15.4. The maximum Gasteiger partial charge on any atom is 0.250 e. The van der Waals surface area contributed by atoms with Crippen LogP contribution in [0.25, 0.3) is 21.9 Å². The van der Waals surface area contributed by atoms with Crippen molar-refractivity contribution in [2.24, 2.45) is 21.7 Å². The molecule has 0 spiro atoms. The highest BCUT2D eigenvalue weighted by atomic mass is 16.5. The zero-order chi connectivity index (χ0) is 42.1. The molecule has 1 atom stereocenters. The van der Waals surface area contributed by atoms with Gasteiger partial charge in [0.05, 0.1) is 20.6 Å². The first-order valence-corrected chi connectivity index (χ1v) is 19.7.